The van der Waals surface area contributed by atoms with Gasteiger partial charge in [0.1, 0.15) is 0 Å². The van der Waals surface area contributed by atoms with Gasteiger partial charge in [0.15, 0.2) is 5.82 Å². The molecule has 176 valence electrons. The summed E-state index contributed by atoms with van der Waals surface area (Å²) < 4.78 is 3.71. The lowest BCUT2D eigenvalue weighted by Crippen LogP contribution is -2.34. The Hall–Kier alpha value is -3.53. The second-order valence-electron chi connectivity index (χ2n) is 7.75. The summed E-state index contributed by atoms with van der Waals surface area (Å²) in [6, 6.07) is 8.21. The fraction of sp³-hybridized carbons (Fsp3) is 0.423. The highest BCUT2D eigenvalue weighted by Crippen LogP contribution is 2.29. The van der Waals surface area contributed by atoms with Crippen molar-refractivity contribution < 1.29 is 4.79 Å². The molecule has 3 heterocycles. The van der Waals surface area contributed by atoms with Crippen LogP contribution in [-0.4, -0.2) is 36.9 Å². The first-order valence-electron chi connectivity index (χ1n) is 11.5. The summed E-state index contributed by atoms with van der Waals surface area (Å²) >= 11 is 0. The fourth-order valence-corrected chi connectivity index (χ4v) is 3.41. The number of amides is 1. The minimum Gasteiger partial charge on any atom is -0.338 e. The average molecular weight is 449 g/mol. The molecule has 7 heteroatoms. The Morgan fingerprint density at radius 3 is 2.18 bits per heavy atom. The molecule has 33 heavy (non-hydrogen) atoms. The first-order valence-corrected chi connectivity index (χ1v) is 11.5. The van der Waals surface area contributed by atoms with E-state index in [4.69, 9.17) is 0 Å². The highest BCUT2D eigenvalue weighted by atomic mass is 16.2. The molecule has 1 aromatic carbocycles. The maximum atomic E-state index is 11.7. The molecule has 2 aromatic heterocycles. The third-order valence-electron chi connectivity index (χ3n) is 5.23. The summed E-state index contributed by atoms with van der Waals surface area (Å²) in [4.78, 5) is 13.6. The lowest BCUT2D eigenvalue weighted by atomic mass is 10.1. The van der Waals surface area contributed by atoms with Crippen LogP contribution in [0.3, 0.4) is 0 Å². The molecule has 0 spiro atoms. The lowest BCUT2D eigenvalue weighted by molar-refractivity contribution is -0.129. The van der Waals surface area contributed by atoms with Gasteiger partial charge in [-0.1, -0.05) is 45.2 Å². The number of anilines is 2. The molecular formula is C26H36N6O. The summed E-state index contributed by atoms with van der Waals surface area (Å²) in [5, 5.41) is 12.2. The van der Waals surface area contributed by atoms with E-state index in [1.807, 2.05) is 62.1 Å². The van der Waals surface area contributed by atoms with Gasteiger partial charge < -0.3 is 10.2 Å². The van der Waals surface area contributed by atoms with Gasteiger partial charge in [-0.2, -0.15) is 10.2 Å². The Balaban J connectivity index is 0.000000488. The van der Waals surface area contributed by atoms with Crippen LogP contribution < -0.4 is 5.32 Å². The third-order valence-corrected chi connectivity index (χ3v) is 5.23. The van der Waals surface area contributed by atoms with Crippen LogP contribution in [0.1, 0.15) is 51.3 Å². The van der Waals surface area contributed by atoms with E-state index in [9.17, 15) is 4.79 Å². The number of hydrogen-bond acceptors (Lipinski definition) is 4. The van der Waals surface area contributed by atoms with Gasteiger partial charge in [-0.05, 0) is 17.7 Å². The van der Waals surface area contributed by atoms with Crippen LogP contribution in [0.25, 0.3) is 11.1 Å². The molecule has 0 atom stereocenters. The number of nitrogens with zero attached hydrogens (tertiary/aromatic N) is 5. The molecule has 1 aliphatic carbocycles. The van der Waals surface area contributed by atoms with Crippen LogP contribution in [0, 0.1) is 12.8 Å². The quantitative estimate of drug-likeness (QED) is 0.578. The Labute approximate surface area is 197 Å². The summed E-state index contributed by atoms with van der Waals surface area (Å²) in [5.74, 6) is 0.925. The number of nitrogens with one attached hydrogen (secondary N) is 1. The van der Waals surface area contributed by atoms with Crippen LogP contribution >= 0.6 is 0 Å². The summed E-state index contributed by atoms with van der Waals surface area (Å²) in [5.41, 5.74) is 5.47. The minimum absolute atomic E-state index is 0.103. The van der Waals surface area contributed by atoms with Crippen LogP contribution in [0.5, 0.6) is 0 Å². The first kappa shape index (κ1) is 25.7. The van der Waals surface area contributed by atoms with Gasteiger partial charge in [-0.3, -0.25) is 14.2 Å². The Kier molecular flexibility index (Phi) is 9.74. The van der Waals surface area contributed by atoms with E-state index in [0.717, 1.165) is 41.2 Å². The van der Waals surface area contributed by atoms with Gasteiger partial charge in [0.25, 0.3) is 0 Å². The summed E-state index contributed by atoms with van der Waals surface area (Å²) in [7, 11) is 3.87. The Morgan fingerprint density at radius 1 is 1.03 bits per heavy atom. The number of rotatable bonds is 3. The second kappa shape index (κ2) is 12.5. The molecule has 3 aromatic rings. The van der Waals surface area contributed by atoms with Crippen LogP contribution in [0.2, 0.25) is 0 Å². The molecule has 0 unspecified atom stereocenters. The van der Waals surface area contributed by atoms with Crippen molar-refractivity contribution in [2.45, 2.75) is 53.0 Å². The number of aryl methyl sites for hydroxylation is 2. The lowest BCUT2D eigenvalue weighted by Gasteiger charge is -2.26. The molecule has 2 aliphatic rings. The van der Waals surface area contributed by atoms with Crippen molar-refractivity contribution >= 4 is 17.4 Å². The van der Waals surface area contributed by atoms with Crippen molar-refractivity contribution in [2.75, 3.05) is 11.9 Å². The van der Waals surface area contributed by atoms with Crippen molar-refractivity contribution in [3.8, 4) is 24.0 Å². The molecule has 1 aliphatic heterocycles. The van der Waals surface area contributed by atoms with E-state index in [0.29, 0.717) is 6.54 Å². The van der Waals surface area contributed by atoms with Crippen molar-refractivity contribution in [3.05, 3.63) is 47.9 Å². The molecule has 1 amide bonds. The standard InChI is InChI=1S/C19H22N6O.C3H6.C2H6.C2H2/c1-13(26)25-9-8-18-17(12-25)19(22-24(18)3)21-16-6-4-14(5-7-16)15-10-20-23(2)11-15;1-2-3-1;2*1-2/h4-7,10-11H,8-9,12H2,1-3H3,(H,21,22);1-3H2;1-2H3;1-2H. The van der Waals surface area contributed by atoms with Gasteiger partial charge >= 0.3 is 0 Å². The molecule has 0 bridgehead atoms. The zero-order valence-corrected chi connectivity index (χ0v) is 20.5. The molecule has 1 N–H and O–H groups in total. The summed E-state index contributed by atoms with van der Waals surface area (Å²) in [6.07, 6.45) is 17.2. The van der Waals surface area contributed by atoms with Crippen molar-refractivity contribution in [2.24, 2.45) is 14.1 Å². The number of terminal acetylenes is 1. The van der Waals surface area contributed by atoms with Crippen LogP contribution in [-0.2, 0) is 31.9 Å². The van der Waals surface area contributed by atoms with Crippen molar-refractivity contribution in [1.29, 1.82) is 0 Å². The maximum Gasteiger partial charge on any atom is 0.219 e. The van der Waals surface area contributed by atoms with Crippen molar-refractivity contribution in [1.82, 2.24) is 24.5 Å². The van der Waals surface area contributed by atoms with E-state index in [2.05, 4.69) is 40.5 Å². The average Bonchev–Trinajstić information content (AvgIpc) is 3.63. The van der Waals surface area contributed by atoms with Crippen molar-refractivity contribution in [3.63, 3.8) is 0 Å². The van der Waals surface area contributed by atoms with E-state index < -0.39 is 0 Å². The van der Waals surface area contributed by atoms with E-state index in [1.54, 1.807) is 11.6 Å². The minimum atomic E-state index is 0.103. The van der Waals surface area contributed by atoms with Gasteiger partial charge in [0.2, 0.25) is 5.91 Å². The number of benzene rings is 1. The van der Waals surface area contributed by atoms with Gasteiger partial charge in [0.05, 0.1) is 12.7 Å². The number of hydrogen-bond donors (Lipinski definition) is 1. The smallest absolute Gasteiger partial charge is 0.219 e. The topological polar surface area (TPSA) is 68.0 Å². The normalized spacial score (nSPS) is 13.1. The number of carbonyl (C=O) groups is 1. The van der Waals surface area contributed by atoms with E-state index >= 15 is 0 Å². The number of fused-ring (bicyclic) bond motifs is 1. The van der Waals surface area contributed by atoms with Gasteiger partial charge in [-0.15, -0.1) is 12.8 Å². The molecule has 0 saturated heterocycles. The van der Waals surface area contributed by atoms with E-state index in [-0.39, 0.29) is 5.91 Å². The molecule has 5 rings (SSSR count). The predicted molar refractivity (Wildman–Crippen MR) is 135 cm³/mol. The SMILES string of the molecule is C#C.C1CC1.CC.CC(=O)N1CCc2c(c(Nc3ccc(-c4cnn(C)c4)cc3)nn2C)C1. The highest BCUT2D eigenvalue weighted by Gasteiger charge is 2.25. The zero-order chi connectivity index (χ0) is 24.4. The second-order valence-corrected chi connectivity index (χ2v) is 7.75. The molecule has 7 nitrogen and oxygen atoms in total. The molecular weight excluding hydrogens is 412 g/mol. The predicted octanol–water partition coefficient (Wildman–Crippen LogP) is 4.91. The van der Waals surface area contributed by atoms with Crippen LogP contribution in [0.4, 0.5) is 11.5 Å². The van der Waals surface area contributed by atoms with E-state index in [1.165, 1.54) is 25.0 Å². The molecule has 1 fully saturated rings. The van der Waals surface area contributed by atoms with Crippen LogP contribution in [0.15, 0.2) is 36.7 Å². The van der Waals surface area contributed by atoms with Gasteiger partial charge in [0, 0.05) is 62.7 Å². The monoisotopic (exact) mass is 448 g/mol. The fourth-order valence-electron chi connectivity index (χ4n) is 3.41. The summed E-state index contributed by atoms with van der Waals surface area (Å²) in [6.45, 7) is 6.97. The maximum absolute atomic E-state index is 11.7. The first-order chi connectivity index (χ1) is 16.0. The van der Waals surface area contributed by atoms with Gasteiger partial charge in [-0.25, -0.2) is 0 Å². The largest absolute Gasteiger partial charge is 0.338 e. The number of aromatic nitrogens is 4. The Bertz CT molecular complexity index is 1040. The zero-order valence-electron chi connectivity index (χ0n) is 20.5. The third kappa shape index (κ3) is 6.98. The Morgan fingerprint density at radius 2 is 1.67 bits per heavy atom. The number of carbonyl (C=O) groups excluding carboxylic acids is 1. The highest BCUT2D eigenvalue weighted by molar-refractivity contribution is 5.74. The molecule has 0 radical (unpaired) electrons. The molecule has 1 saturated carbocycles.